The minimum Gasteiger partial charge on any atom is -0.479 e. The van der Waals surface area contributed by atoms with Gasteiger partial charge in [-0.3, -0.25) is 9.59 Å². The molecule has 0 saturated heterocycles. The number of benzene rings is 2. The maximum atomic E-state index is 12.4. The Morgan fingerprint density at radius 1 is 1.14 bits per heavy atom. The van der Waals surface area contributed by atoms with Gasteiger partial charge in [-0.1, -0.05) is 30.3 Å². The number of anilines is 2. The Bertz CT molecular complexity index is 810. The van der Waals surface area contributed by atoms with E-state index >= 15 is 0 Å². The normalized spacial score (nSPS) is 15.6. The van der Waals surface area contributed by atoms with E-state index in [2.05, 4.69) is 22.3 Å². The van der Waals surface area contributed by atoms with Crippen molar-refractivity contribution in [2.24, 2.45) is 0 Å². The summed E-state index contributed by atoms with van der Waals surface area (Å²) in [4.78, 5) is 28.4. The fourth-order valence-electron chi connectivity index (χ4n) is 3.25. The van der Waals surface area contributed by atoms with E-state index < -0.39 is 6.10 Å². The van der Waals surface area contributed by atoms with Gasteiger partial charge in [0.05, 0.1) is 5.69 Å². The van der Waals surface area contributed by atoms with Crippen LogP contribution >= 0.6 is 0 Å². The number of nitrogens with one attached hydrogen (secondary N) is 1. The number of amides is 2. The van der Waals surface area contributed by atoms with Gasteiger partial charge in [0.25, 0.3) is 5.91 Å². The fraction of sp³-hybridized carbons (Fsp3) is 0.364. The molecule has 0 aliphatic carbocycles. The highest BCUT2D eigenvalue weighted by Crippen LogP contribution is 2.33. The van der Waals surface area contributed by atoms with Gasteiger partial charge in [-0.05, 0) is 37.6 Å². The van der Waals surface area contributed by atoms with Crippen molar-refractivity contribution >= 4 is 23.2 Å². The molecule has 1 aliphatic rings. The van der Waals surface area contributed by atoms with Crippen LogP contribution in [0.1, 0.15) is 19.8 Å². The molecule has 2 aromatic rings. The summed E-state index contributed by atoms with van der Waals surface area (Å²) in [6, 6.07) is 17.6. The van der Waals surface area contributed by atoms with Gasteiger partial charge in [-0.25, -0.2) is 0 Å². The zero-order valence-electron chi connectivity index (χ0n) is 16.4. The first-order valence-electron chi connectivity index (χ1n) is 9.66. The number of fused-ring (bicyclic) bond motifs is 1. The van der Waals surface area contributed by atoms with Crippen LogP contribution in [0.25, 0.3) is 0 Å². The number of hydrogen-bond donors (Lipinski definition) is 1. The van der Waals surface area contributed by atoms with Crippen molar-refractivity contribution in [3.63, 3.8) is 0 Å². The summed E-state index contributed by atoms with van der Waals surface area (Å²) in [6.45, 7) is 3.55. The SMILES string of the molecule is C[C@@H]1Oc2ccccc2N(CCC(=O)NCCCN(C)c2ccccc2)C1=O. The highest BCUT2D eigenvalue weighted by atomic mass is 16.5. The lowest BCUT2D eigenvalue weighted by molar-refractivity contribution is -0.125. The van der Waals surface area contributed by atoms with Crippen molar-refractivity contribution in [3.8, 4) is 5.75 Å². The molecule has 1 atom stereocenters. The zero-order valence-corrected chi connectivity index (χ0v) is 16.4. The minimum absolute atomic E-state index is 0.0493. The molecule has 0 saturated carbocycles. The van der Waals surface area contributed by atoms with E-state index in [0.29, 0.717) is 18.8 Å². The monoisotopic (exact) mass is 381 g/mol. The molecule has 6 heteroatoms. The molecule has 0 fully saturated rings. The van der Waals surface area contributed by atoms with Crippen molar-refractivity contribution in [1.29, 1.82) is 0 Å². The van der Waals surface area contributed by atoms with E-state index in [1.165, 1.54) is 0 Å². The van der Waals surface area contributed by atoms with E-state index in [1.54, 1.807) is 11.8 Å². The summed E-state index contributed by atoms with van der Waals surface area (Å²) in [6.07, 6.45) is 0.584. The van der Waals surface area contributed by atoms with Crippen molar-refractivity contribution in [3.05, 3.63) is 54.6 Å². The lowest BCUT2D eigenvalue weighted by Crippen LogP contribution is -2.45. The molecule has 1 heterocycles. The second kappa shape index (κ2) is 9.26. The third-order valence-corrected chi connectivity index (χ3v) is 4.83. The molecular weight excluding hydrogens is 354 g/mol. The first-order valence-corrected chi connectivity index (χ1v) is 9.66. The molecule has 2 aromatic carbocycles. The molecule has 0 bridgehead atoms. The third kappa shape index (κ3) is 4.82. The van der Waals surface area contributed by atoms with Gasteiger partial charge in [-0.2, -0.15) is 0 Å². The summed E-state index contributed by atoms with van der Waals surface area (Å²) in [7, 11) is 2.04. The van der Waals surface area contributed by atoms with Gasteiger partial charge < -0.3 is 19.9 Å². The van der Waals surface area contributed by atoms with Gasteiger partial charge in [0, 0.05) is 38.8 Å². The maximum Gasteiger partial charge on any atom is 0.267 e. The molecular formula is C22H27N3O3. The number of para-hydroxylation sites is 3. The standard InChI is InChI=1S/C22H27N3O3/c1-17-22(27)25(19-11-6-7-12-20(19)28-17)16-13-21(26)23-14-8-15-24(2)18-9-4-3-5-10-18/h3-7,9-12,17H,8,13-16H2,1-2H3,(H,23,26)/t17-/m0/s1. The topological polar surface area (TPSA) is 61.9 Å². The quantitative estimate of drug-likeness (QED) is 0.715. The highest BCUT2D eigenvalue weighted by Gasteiger charge is 2.31. The molecule has 3 rings (SSSR count). The van der Waals surface area contributed by atoms with Crippen LogP contribution in [0.4, 0.5) is 11.4 Å². The number of ether oxygens (including phenoxy) is 1. The highest BCUT2D eigenvalue weighted by molar-refractivity contribution is 6.00. The van der Waals surface area contributed by atoms with Gasteiger partial charge in [0.15, 0.2) is 6.10 Å². The van der Waals surface area contributed by atoms with Crippen LogP contribution in [0, 0.1) is 0 Å². The first-order chi connectivity index (χ1) is 13.6. The predicted molar refractivity (Wildman–Crippen MR) is 111 cm³/mol. The van der Waals surface area contributed by atoms with Crippen molar-refractivity contribution in [1.82, 2.24) is 5.32 Å². The van der Waals surface area contributed by atoms with Crippen LogP contribution in [-0.2, 0) is 9.59 Å². The summed E-state index contributed by atoms with van der Waals surface area (Å²) < 4.78 is 5.62. The predicted octanol–water partition coefficient (Wildman–Crippen LogP) is 2.83. The van der Waals surface area contributed by atoms with Crippen molar-refractivity contribution in [2.75, 3.05) is 36.5 Å². The maximum absolute atomic E-state index is 12.4. The van der Waals surface area contributed by atoms with Crippen LogP contribution in [0.5, 0.6) is 5.75 Å². The number of rotatable bonds is 8. The lowest BCUT2D eigenvalue weighted by atomic mass is 10.1. The van der Waals surface area contributed by atoms with Crippen LogP contribution in [0.15, 0.2) is 54.6 Å². The molecule has 0 unspecified atom stereocenters. The molecule has 28 heavy (non-hydrogen) atoms. The number of carbonyl (C=O) groups excluding carboxylic acids is 2. The Labute approximate surface area is 166 Å². The Morgan fingerprint density at radius 3 is 2.64 bits per heavy atom. The van der Waals surface area contributed by atoms with Crippen molar-refractivity contribution in [2.45, 2.75) is 25.9 Å². The van der Waals surface area contributed by atoms with Crippen molar-refractivity contribution < 1.29 is 14.3 Å². The van der Waals surface area contributed by atoms with E-state index in [4.69, 9.17) is 4.74 Å². The average molecular weight is 381 g/mol. The smallest absolute Gasteiger partial charge is 0.267 e. The number of nitrogens with zero attached hydrogens (tertiary/aromatic N) is 2. The Hall–Kier alpha value is -3.02. The second-order valence-corrected chi connectivity index (χ2v) is 6.93. The molecule has 0 spiro atoms. The summed E-state index contributed by atoms with van der Waals surface area (Å²) in [5, 5.41) is 2.94. The second-order valence-electron chi connectivity index (χ2n) is 6.93. The molecule has 1 N–H and O–H groups in total. The van der Waals surface area contributed by atoms with Crippen LogP contribution in [0.3, 0.4) is 0 Å². The Morgan fingerprint density at radius 2 is 1.86 bits per heavy atom. The molecule has 6 nitrogen and oxygen atoms in total. The van der Waals surface area contributed by atoms with E-state index in [1.807, 2.05) is 49.5 Å². The molecule has 0 radical (unpaired) electrons. The summed E-state index contributed by atoms with van der Waals surface area (Å²) >= 11 is 0. The lowest BCUT2D eigenvalue weighted by Gasteiger charge is -2.32. The molecule has 1 aliphatic heterocycles. The molecule has 148 valence electrons. The van der Waals surface area contributed by atoms with Gasteiger partial charge >= 0.3 is 0 Å². The largest absolute Gasteiger partial charge is 0.479 e. The molecule has 2 amide bonds. The Balaban J connectivity index is 1.43. The summed E-state index contributed by atoms with van der Waals surface area (Å²) in [5.41, 5.74) is 1.88. The van der Waals surface area contributed by atoms with Crippen LogP contribution < -0.4 is 19.9 Å². The number of hydrogen-bond acceptors (Lipinski definition) is 4. The average Bonchev–Trinajstić information content (AvgIpc) is 2.72. The minimum atomic E-state index is -0.536. The molecule has 0 aromatic heterocycles. The number of carbonyl (C=O) groups is 2. The zero-order chi connectivity index (χ0) is 19.9. The third-order valence-electron chi connectivity index (χ3n) is 4.83. The Kier molecular flexibility index (Phi) is 6.53. The van der Waals surface area contributed by atoms with Gasteiger partial charge in [-0.15, -0.1) is 0 Å². The fourth-order valence-corrected chi connectivity index (χ4v) is 3.25. The summed E-state index contributed by atoms with van der Waals surface area (Å²) in [5.74, 6) is 0.515. The van der Waals surface area contributed by atoms with E-state index in [-0.39, 0.29) is 18.2 Å². The van der Waals surface area contributed by atoms with Gasteiger partial charge in [0.2, 0.25) is 5.91 Å². The van der Waals surface area contributed by atoms with Crippen LogP contribution in [-0.4, -0.2) is 44.6 Å². The van der Waals surface area contributed by atoms with Crippen LogP contribution in [0.2, 0.25) is 0 Å². The van der Waals surface area contributed by atoms with E-state index in [9.17, 15) is 9.59 Å². The van der Waals surface area contributed by atoms with Gasteiger partial charge in [0.1, 0.15) is 5.75 Å². The first kappa shape index (κ1) is 19.7. The van der Waals surface area contributed by atoms with E-state index in [0.717, 1.165) is 24.3 Å².